The summed E-state index contributed by atoms with van der Waals surface area (Å²) in [6.07, 6.45) is 2.67. The number of rotatable bonds is 1. The van der Waals surface area contributed by atoms with E-state index in [4.69, 9.17) is 10.5 Å². The zero-order valence-electron chi connectivity index (χ0n) is 10.3. The van der Waals surface area contributed by atoms with Crippen molar-refractivity contribution in [2.75, 3.05) is 0 Å². The van der Waals surface area contributed by atoms with Crippen LogP contribution in [0.15, 0.2) is 42.6 Å². The highest BCUT2D eigenvalue weighted by atomic mass is 16.5. The van der Waals surface area contributed by atoms with Crippen molar-refractivity contribution < 1.29 is 4.74 Å². The Balaban J connectivity index is 1.92. The molecule has 3 heteroatoms. The van der Waals surface area contributed by atoms with Gasteiger partial charge in [0.05, 0.1) is 0 Å². The number of hydrogen-bond donors (Lipinski definition) is 1. The third-order valence-electron chi connectivity index (χ3n) is 3.36. The normalized spacial score (nSPS) is 22.1. The predicted molar refractivity (Wildman–Crippen MR) is 70.3 cm³/mol. The summed E-state index contributed by atoms with van der Waals surface area (Å²) in [7, 11) is 0. The fourth-order valence-corrected chi connectivity index (χ4v) is 2.33. The Labute approximate surface area is 107 Å². The van der Waals surface area contributed by atoms with E-state index < -0.39 is 0 Å². The second-order valence-corrected chi connectivity index (χ2v) is 4.72. The topological polar surface area (TPSA) is 48.1 Å². The maximum absolute atomic E-state index is 6.20. The lowest BCUT2D eigenvalue weighted by Crippen LogP contribution is -2.24. The molecular weight excluding hydrogens is 224 g/mol. The van der Waals surface area contributed by atoms with Gasteiger partial charge in [-0.3, -0.25) is 4.98 Å². The van der Waals surface area contributed by atoms with Crippen LogP contribution in [0.1, 0.15) is 35.4 Å². The zero-order chi connectivity index (χ0) is 12.5. The molecule has 3 nitrogen and oxygen atoms in total. The van der Waals surface area contributed by atoms with Gasteiger partial charge in [0.25, 0.3) is 0 Å². The third-order valence-corrected chi connectivity index (χ3v) is 3.36. The predicted octanol–water partition coefficient (Wildman–Crippen LogP) is 2.91. The van der Waals surface area contributed by atoms with Crippen LogP contribution in [0.4, 0.5) is 0 Å². The minimum absolute atomic E-state index is 0.00278. The minimum atomic E-state index is 0.00278. The smallest absolute Gasteiger partial charge is 0.127 e. The van der Waals surface area contributed by atoms with Crippen molar-refractivity contribution in [3.8, 4) is 5.75 Å². The Morgan fingerprint density at radius 2 is 2.06 bits per heavy atom. The van der Waals surface area contributed by atoms with Crippen LogP contribution in [0.2, 0.25) is 0 Å². The second-order valence-electron chi connectivity index (χ2n) is 4.72. The fourth-order valence-electron chi connectivity index (χ4n) is 2.33. The van der Waals surface area contributed by atoms with E-state index in [2.05, 4.69) is 11.1 Å². The lowest BCUT2D eigenvalue weighted by Gasteiger charge is -2.30. The number of para-hydroxylation sites is 1. The molecule has 18 heavy (non-hydrogen) atoms. The van der Waals surface area contributed by atoms with E-state index in [0.717, 1.165) is 29.0 Å². The average molecular weight is 240 g/mol. The Morgan fingerprint density at radius 3 is 2.83 bits per heavy atom. The number of benzene rings is 1. The molecule has 0 bridgehead atoms. The largest absolute Gasteiger partial charge is 0.485 e. The van der Waals surface area contributed by atoms with Crippen LogP contribution in [0, 0.1) is 6.92 Å². The first kappa shape index (κ1) is 11.2. The standard InChI is InChI=1S/C15H16N2O/c1-10-6-7-11(9-17-10)15-8-13(16)12-4-2-3-5-14(12)18-15/h2-7,9,13,15H,8,16H2,1H3/t13-,15?/m0/s1. The number of ether oxygens (including phenoxy) is 1. The molecule has 1 aliphatic rings. The zero-order valence-corrected chi connectivity index (χ0v) is 10.3. The summed E-state index contributed by atoms with van der Waals surface area (Å²) >= 11 is 0. The quantitative estimate of drug-likeness (QED) is 0.833. The monoisotopic (exact) mass is 240 g/mol. The van der Waals surface area contributed by atoms with Crippen LogP contribution in [0.5, 0.6) is 5.75 Å². The molecule has 1 aliphatic heterocycles. The molecule has 0 spiro atoms. The summed E-state index contributed by atoms with van der Waals surface area (Å²) in [5.41, 5.74) is 9.40. The molecule has 0 fully saturated rings. The van der Waals surface area contributed by atoms with Gasteiger partial charge in [0.15, 0.2) is 0 Å². The van der Waals surface area contributed by atoms with Crippen molar-refractivity contribution in [3.05, 3.63) is 59.4 Å². The summed E-state index contributed by atoms with van der Waals surface area (Å²) < 4.78 is 6.01. The summed E-state index contributed by atoms with van der Waals surface area (Å²) in [4.78, 5) is 4.31. The van der Waals surface area contributed by atoms with Crippen LogP contribution >= 0.6 is 0 Å². The highest BCUT2D eigenvalue weighted by Gasteiger charge is 2.26. The molecule has 2 atom stereocenters. The first-order valence-electron chi connectivity index (χ1n) is 6.18. The van der Waals surface area contributed by atoms with Gasteiger partial charge >= 0.3 is 0 Å². The van der Waals surface area contributed by atoms with E-state index in [9.17, 15) is 0 Å². The first-order chi connectivity index (χ1) is 8.74. The Hall–Kier alpha value is -1.87. The number of aromatic nitrogens is 1. The van der Waals surface area contributed by atoms with Gasteiger partial charge in [-0.25, -0.2) is 0 Å². The van der Waals surface area contributed by atoms with Crippen LogP contribution in [-0.4, -0.2) is 4.98 Å². The van der Waals surface area contributed by atoms with Crippen molar-refractivity contribution in [1.29, 1.82) is 0 Å². The minimum Gasteiger partial charge on any atom is -0.485 e. The van der Waals surface area contributed by atoms with Gasteiger partial charge in [-0.05, 0) is 19.1 Å². The SMILES string of the molecule is Cc1ccc(C2C[C@H](N)c3ccccc3O2)cn1. The molecule has 0 amide bonds. The van der Waals surface area contributed by atoms with Crippen molar-refractivity contribution in [2.45, 2.75) is 25.5 Å². The first-order valence-corrected chi connectivity index (χ1v) is 6.18. The van der Waals surface area contributed by atoms with Crippen LogP contribution in [-0.2, 0) is 0 Å². The third kappa shape index (κ3) is 1.97. The summed E-state index contributed by atoms with van der Waals surface area (Å²) in [5, 5.41) is 0. The molecular formula is C15H16N2O. The molecule has 0 radical (unpaired) electrons. The molecule has 1 unspecified atom stereocenters. The summed E-state index contributed by atoms with van der Waals surface area (Å²) in [6.45, 7) is 1.98. The summed E-state index contributed by atoms with van der Waals surface area (Å²) in [6, 6.07) is 12.1. The van der Waals surface area contributed by atoms with Gasteiger partial charge in [-0.2, -0.15) is 0 Å². The molecule has 2 heterocycles. The number of nitrogens with two attached hydrogens (primary N) is 1. The van der Waals surface area contributed by atoms with Crippen LogP contribution < -0.4 is 10.5 Å². The van der Waals surface area contributed by atoms with E-state index in [-0.39, 0.29) is 12.1 Å². The van der Waals surface area contributed by atoms with Gasteiger partial charge in [0.1, 0.15) is 11.9 Å². The van der Waals surface area contributed by atoms with Crippen molar-refractivity contribution in [2.24, 2.45) is 5.73 Å². The molecule has 0 aliphatic carbocycles. The Kier molecular flexibility index (Phi) is 2.76. The molecule has 1 aromatic carbocycles. The number of hydrogen-bond acceptors (Lipinski definition) is 3. The Morgan fingerprint density at radius 1 is 1.22 bits per heavy atom. The van der Waals surface area contributed by atoms with E-state index in [1.165, 1.54) is 0 Å². The van der Waals surface area contributed by atoms with E-state index >= 15 is 0 Å². The molecule has 2 aromatic rings. The Bertz CT molecular complexity index is 551. The van der Waals surface area contributed by atoms with Gasteiger partial charge in [0.2, 0.25) is 0 Å². The van der Waals surface area contributed by atoms with Gasteiger partial charge < -0.3 is 10.5 Å². The lowest BCUT2D eigenvalue weighted by atomic mass is 9.94. The van der Waals surface area contributed by atoms with Crippen molar-refractivity contribution in [3.63, 3.8) is 0 Å². The maximum atomic E-state index is 6.20. The van der Waals surface area contributed by atoms with E-state index in [1.807, 2.05) is 43.5 Å². The van der Waals surface area contributed by atoms with Crippen molar-refractivity contribution in [1.82, 2.24) is 4.98 Å². The van der Waals surface area contributed by atoms with Gasteiger partial charge in [-0.1, -0.05) is 24.3 Å². The average Bonchev–Trinajstić information content (AvgIpc) is 2.39. The van der Waals surface area contributed by atoms with Crippen LogP contribution in [0.3, 0.4) is 0 Å². The highest BCUT2D eigenvalue weighted by Crippen LogP contribution is 2.39. The van der Waals surface area contributed by atoms with E-state index in [1.54, 1.807) is 0 Å². The number of aryl methyl sites for hydroxylation is 1. The lowest BCUT2D eigenvalue weighted by molar-refractivity contribution is 0.161. The van der Waals surface area contributed by atoms with Gasteiger partial charge in [-0.15, -0.1) is 0 Å². The van der Waals surface area contributed by atoms with E-state index in [0.29, 0.717) is 0 Å². The highest BCUT2D eigenvalue weighted by molar-refractivity contribution is 5.38. The number of pyridine rings is 1. The molecule has 0 saturated carbocycles. The molecule has 92 valence electrons. The van der Waals surface area contributed by atoms with Crippen LogP contribution in [0.25, 0.3) is 0 Å². The second kappa shape index (κ2) is 4.42. The maximum Gasteiger partial charge on any atom is 0.127 e. The molecule has 2 N–H and O–H groups in total. The van der Waals surface area contributed by atoms with Crippen molar-refractivity contribution >= 4 is 0 Å². The molecule has 1 aromatic heterocycles. The molecule has 3 rings (SSSR count). The number of nitrogens with zero attached hydrogens (tertiary/aromatic N) is 1. The van der Waals surface area contributed by atoms with Gasteiger partial charge in [0, 0.05) is 35.5 Å². The number of fused-ring (bicyclic) bond motifs is 1. The fraction of sp³-hybridized carbons (Fsp3) is 0.267. The molecule has 0 saturated heterocycles. The summed E-state index contributed by atoms with van der Waals surface area (Å²) in [5.74, 6) is 0.891.